The number of imidazole rings is 1. The van der Waals surface area contributed by atoms with Crippen LogP contribution in [0.4, 0.5) is 22.0 Å². The van der Waals surface area contributed by atoms with Gasteiger partial charge in [-0.05, 0) is 12.1 Å². The predicted molar refractivity (Wildman–Crippen MR) is 85.6 cm³/mol. The van der Waals surface area contributed by atoms with E-state index in [0.717, 1.165) is 16.8 Å². The van der Waals surface area contributed by atoms with Gasteiger partial charge in [0.2, 0.25) is 5.88 Å². The van der Waals surface area contributed by atoms with Gasteiger partial charge in [0.05, 0.1) is 16.8 Å². The van der Waals surface area contributed by atoms with Gasteiger partial charge >= 0.3 is 12.3 Å². The molecule has 0 amide bonds. The Morgan fingerprint density at radius 2 is 1.82 bits per heavy atom. The molecule has 0 aliphatic carbocycles. The van der Waals surface area contributed by atoms with E-state index in [4.69, 9.17) is 0 Å². The average molecular weight is 422 g/mol. The molecule has 7 nitrogen and oxygen atoms in total. The SMILES string of the molecule is CCS(=O)(=O)c1cccnc1-c1ncc2c(OC(F)(F)C(F)(F)F)nccn12. The standard InChI is InChI=1S/C15H11F5N4O3S/c1-2-28(25,26)10-4-3-5-21-11(10)12-23-8-9-13(22-6-7-24(9)12)27-15(19,20)14(16,17)18/h3-8H,2H2,1H3. The molecule has 3 heterocycles. The van der Waals surface area contributed by atoms with Crippen molar-refractivity contribution in [2.75, 3.05) is 5.75 Å². The number of hydrogen-bond donors (Lipinski definition) is 0. The van der Waals surface area contributed by atoms with E-state index < -0.39 is 28.0 Å². The topological polar surface area (TPSA) is 86.5 Å². The van der Waals surface area contributed by atoms with Crippen molar-refractivity contribution in [1.29, 1.82) is 0 Å². The van der Waals surface area contributed by atoms with Gasteiger partial charge in [-0.15, -0.1) is 0 Å². The van der Waals surface area contributed by atoms with Gasteiger partial charge in [-0.3, -0.25) is 9.38 Å². The first-order chi connectivity index (χ1) is 13.0. The minimum atomic E-state index is -5.95. The highest BCUT2D eigenvalue weighted by Gasteiger charge is 2.61. The number of rotatable bonds is 5. The second-order valence-electron chi connectivity index (χ2n) is 5.44. The number of pyridine rings is 1. The molecule has 0 aromatic carbocycles. The predicted octanol–water partition coefficient (Wildman–Crippen LogP) is 3.12. The number of alkyl halides is 5. The van der Waals surface area contributed by atoms with E-state index in [1.807, 2.05) is 0 Å². The maximum absolute atomic E-state index is 13.2. The lowest BCUT2D eigenvalue weighted by molar-refractivity contribution is -0.361. The van der Waals surface area contributed by atoms with Gasteiger partial charge < -0.3 is 4.74 Å². The Morgan fingerprint density at radius 1 is 1.11 bits per heavy atom. The Labute approximate surface area is 154 Å². The summed E-state index contributed by atoms with van der Waals surface area (Å²) in [5, 5.41) is 0. The van der Waals surface area contributed by atoms with Crippen LogP contribution in [0.1, 0.15) is 6.92 Å². The molecule has 0 radical (unpaired) electrons. The minimum absolute atomic E-state index is 0.0924. The molecule has 13 heteroatoms. The minimum Gasteiger partial charge on any atom is -0.405 e. The molecule has 0 aliphatic heterocycles. The Morgan fingerprint density at radius 3 is 2.46 bits per heavy atom. The normalized spacial score (nSPS) is 13.1. The molecule has 0 fully saturated rings. The fourth-order valence-corrected chi connectivity index (χ4v) is 3.34. The van der Waals surface area contributed by atoms with Crippen molar-refractivity contribution in [2.24, 2.45) is 0 Å². The molecule has 0 aliphatic rings. The first-order valence-electron chi connectivity index (χ1n) is 7.61. The number of sulfone groups is 1. The average Bonchev–Trinajstić information content (AvgIpc) is 3.05. The molecule has 28 heavy (non-hydrogen) atoms. The van der Waals surface area contributed by atoms with Gasteiger partial charge in [0.15, 0.2) is 15.7 Å². The lowest BCUT2D eigenvalue weighted by atomic mass is 10.3. The fourth-order valence-electron chi connectivity index (χ4n) is 2.30. The highest BCUT2D eigenvalue weighted by atomic mass is 32.2. The second kappa shape index (κ2) is 6.65. The van der Waals surface area contributed by atoms with Crippen LogP contribution >= 0.6 is 0 Å². The van der Waals surface area contributed by atoms with Crippen LogP contribution in [-0.4, -0.2) is 45.8 Å². The van der Waals surface area contributed by atoms with Crippen LogP contribution in [0.15, 0.2) is 41.8 Å². The first kappa shape index (κ1) is 19.9. The molecule has 0 saturated heterocycles. The zero-order valence-corrected chi connectivity index (χ0v) is 14.8. The highest BCUT2D eigenvalue weighted by molar-refractivity contribution is 7.91. The maximum Gasteiger partial charge on any atom is 0.500 e. The van der Waals surface area contributed by atoms with E-state index in [2.05, 4.69) is 19.7 Å². The Bertz CT molecular complexity index is 1130. The van der Waals surface area contributed by atoms with Crippen molar-refractivity contribution in [3.05, 3.63) is 36.9 Å². The zero-order chi connectivity index (χ0) is 20.7. The first-order valence-corrected chi connectivity index (χ1v) is 9.27. The van der Waals surface area contributed by atoms with Crippen LogP contribution in [0, 0.1) is 0 Å². The van der Waals surface area contributed by atoms with Crippen molar-refractivity contribution in [1.82, 2.24) is 19.4 Å². The largest absolute Gasteiger partial charge is 0.500 e. The van der Waals surface area contributed by atoms with E-state index in [9.17, 15) is 30.4 Å². The lowest BCUT2D eigenvalue weighted by Crippen LogP contribution is -2.42. The molecular weight excluding hydrogens is 411 g/mol. The summed E-state index contributed by atoms with van der Waals surface area (Å²) in [5.41, 5.74) is -0.420. The molecule has 0 bridgehead atoms. The number of fused-ring (bicyclic) bond motifs is 1. The summed E-state index contributed by atoms with van der Waals surface area (Å²) < 4.78 is 93.1. The van der Waals surface area contributed by atoms with Crippen LogP contribution in [0.5, 0.6) is 5.88 Å². The van der Waals surface area contributed by atoms with Gasteiger partial charge in [-0.25, -0.2) is 18.4 Å². The van der Waals surface area contributed by atoms with Gasteiger partial charge in [0.25, 0.3) is 0 Å². The molecule has 3 aromatic rings. The molecule has 0 unspecified atom stereocenters. The van der Waals surface area contributed by atoms with Gasteiger partial charge in [-0.2, -0.15) is 22.0 Å². The summed E-state index contributed by atoms with van der Waals surface area (Å²) in [4.78, 5) is 11.1. The molecule has 3 rings (SSSR count). The number of hydrogen-bond acceptors (Lipinski definition) is 6. The van der Waals surface area contributed by atoms with Crippen LogP contribution in [-0.2, 0) is 9.84 Å². The molecule has 3 aromatic heterocycles. The zero-order valence-electron chi connectivity index (χ0n) is 14.0. The van der Waals surface area contributed by atoms with E-state index in [0.29, 0.717) is 0 Å². The van der Waals surface area contributed by atoms with Gasteiger partial charge in [-0.1, -0.05) is 6.92 Å². The summed E-state index contributed by atoms with van der Waals surface area (Å²) in [7, 11) is -3.71. The van der Waals surface area contributed by atoms with E-state index in [-0.39, 0.29) is 27.7 Å². The third-order valence-electron chi connectivity index (χ3n) is 3.68. The smallest absolute Gasteiger partial charge is 0.405 e. The molecule has 0 spiro atoms. The van der Waals surface area contributed by atoms with Gasteiger partial charge in [0, 0.05) is 18.6 Å². The third-order valence-corrected chi connectivity index (χ3v) is 5.44. The van der Waals surface area contributed by atoms with Crippen molar-refractivity contribution < 1.29 is 35.1 Å². The number of halogens is 5. The molecule has 0 atom stereocenters. The molecule has 0 saturated carbocycles. The Kier molecular flexibility index (Phi) is 4.73. The summed E-state index contributed by atoms with van der Waals surface area (Å²) in [6.07, 6.45) is -7.09. The van der Waals surface area contributed by atoms with Crippen LogP contribution < -0.4 is 4.74 Å². The monoisotopic (exact) mass is 422 g/mol. The highest BCUT2D eigenvalue weighted by Crippen LogP contribution is 2.38. The van der Waals surface area contributed by atoms with Crippen molar-refractivity contribution in [3.63, 3.8) is 0 Å². The summed E-state index contributed by atoms with van der Waals surface area (Å²) >= 11 is 0. The van der Waals surface area contributed by atoms with Crippen molar-refractivity contribution in [3.8, 4) is 17.4 Å². The van der Waals surface area contributed by atoms with E-state index in [1.165, 1.54) is 31.5 Å². The molecule has 150 valence electrons. The third kappa shape index (κ3) is 3.37. The summed E-state index contributed by atoms with van der Waals surface area (Å²) in [6.45, 7) is 1.42. The number of ether oxygens (including phenoxy) is 1. The van der Waals surface area contributed by atoms with Crippen LogP contribution in [0.3, 0.4) is 0 Å². The second-order valence-corrected chi connectivity index (χ2v) is 7.69. The Hall–Kier alpha value is -2.83. The number of nitrogens with zero attached hydrogens (tertiary/aromatic N) is 4. The molecule has 0 N–H and O–H groups in total. The van der Waals surface area contributed by atoms with Crippen molar-refractivity contribution in [2.45, 2.75) is 24.1 Å². The van der Waals surface area contributed by atoms with Crippen molar-refractivity contribution >= 4 is 15.4 Å². The molecular formula is C15H11F5N4O3S. The lowest BCUT2D eigenvalue weighted by Gasteiger charge is -2.19. The van der Waals surface area contributed by atoms with E-state index >= 15 is 0 Å². The van der Waals surface area contributed by atoms with Crippen LogP contribution in [0.2, 0.25) is 0 Å². The maximum atomic E-state index is 13.2. The van der Waals surface area contributed by atoms with Gasteiger partial charge in [0.1, 0.15) is 11.2 Å². The quantitative estimate of drug-likeness (QED) is 0.588. The number of aromatic nitrogens is 4. The fraction of sp³-hybridized carbons (Fsp3) is 0.267. The van der Waals surface area contributed by atoms with Crippen LogP contribution in [0.25, 0.3) is 17.0 Å². The summed E-state index contributed by atoms with van der Waals surface area (Å²) in [5.74, 6) is -1.35. The Balaban J connectivity index is 2.16. The summed E-state index contributed by atoms with van der Waals surface area (Å²) in [6, 6.07) is 2.68. The van der Waals surface area contributed by atoms with E-state index in [1.54, 1.807) is 0 Å².